The largest absolute Gasteiger partial charge is 0.288 e. The number of aryl methyl sites for hydroxylation is 4. The summed E-state index contributed by atoms with van der Waals surface area (Å²) in [5.74, 6) is 0. The number of fused-ring (bicyclic) bond motifs is 1. The molecule has 0 bridgehead atoms. The zero-order chi connectivity index (χ0) is 14.8. The smallest absolute Gasteiger partial charge is 0.147 e. The lowest BCUT2D eigenvalue weighted by Crippen LogP contribution is -2.00. The maximum atomic E-state index is 9.32. The number of rotatable bonds is 3. The van der Waals surface area contributed by atoms with Gasteiger partial charge in [-0.1, -0.05) is 36.4 Å². The summed E-state index contributed by atoms with van der Waals surface area (Å²) in [6.07, 6.45) is 1.91. The normalized spacial score (nSPS) is 10.7. The molecule has 0 aliphatic heterocycles. The van der Waals surface area contributed by atoms with Crippen molar-refractivity contribution >= 4 is 5.65 Å². The van der Waals surface area contributed by atoms with Crippen molar-refractivity contribution in [3.8, 4) is 6.07 Å². The third-order valence-corrected chi connectivity index (χ3v) is 3.85. The highest BCUT2D eigenvalue weighted by Crippen LogP contribution is 2.19. The van der Waals surface area contributed by atoms with Gasteiger partial charge in [0.1, 0.15) is 17.4 Å². The first kappa shape index (κ1) is 13.4. The molecule has 3 nitrogen and oxygen atoms in total. The Morgan fingerprint density at radius 3 is 2.52 bits per heavy atom. The van der Waals surface area contributed by atoms with Gasteiger partial charge in [-0.25, -0.2) is 4.98 Å². The van der Waals surface area contributed by atoms with E-state index in [4.69, 9.17) is 0 Å². The lowest BCUT2D eigenvalue weighted by molar-refractivity contribution is 0.942. The standard InChI is InChI=1S/C18H17N3/c1-13-8-10-16(11-9-15-6-4-3-5-7-15)18-20-14(2)17(12-19)21(13)18/h3-8,10H,9,11H2,1-2H3. The average molecular weight is 275 g/mol. The third kappa shape index (κ3) is 2.41. The van der Waals surface area contributed by atoms with Crippen molar-refractivity contribution in [1.29, 1.82) is 5.26 Å². The number of imidazole rings is 1. The summed E-state index contributed by atoms with van der Waals surface area (Å²) in [7, 11) is 0. The molecule has 2 heterocycles. The molecule has 2 aromatic heterocycles. The first-order chi connectivity index (χ1) is 10.2. The Morgan fingerprint density at radius 1 is 1.05 bits per heavy atom. The summed E-state index contributed by atoms with van der Waals surface area (Å²) < 4.78 is 1.97. The number of hydrogen-bond donors (Lipinski definition) is 0. The first-order valence-electron chi connectivity index (χ1n) is 7.12. The number of pyridine rings is 1. The SMILES string of the molecule is Cc1nc2c(CCc3ccccc3)ccc(C)n2c1C#N. The van der Waals surface area contributed by atoms with Crippen LogP contribution in [0.3, 0.4) is 0 Å². The summed E-state index contributed by atoms with van der Waals surface area (Å²) in [5.41, 5.74) is 5.91. The van der Waals surface area contributed by atoms with Crippen LogP contribution in [-0.4, -0.2) is 9.38 Å². The van der Waals surface area contributed by atoms with Crippen LogP contribution in [0, 0.1) is 25.2 Å². The number of nitrogens with zero attached hydrogens (tertiary/aromatic N) is 3. The minimum atomic E-state index is 0.643. The van der Waals surface area contributed by atoms with Gasteiger partial charge in [-0.05, 0) is 43.9 Å². The highest BCUT2D eigenvalue weighted by molar-refractivity contribution is 5.55. The van der Waals surface area contributed by atoms with Gasteiger partial charge in [-0.2, -0.15) is 5.26 Å². The molecule has 0 amide bonds. The van der Waals surface area contributed by atoms with E-state index in [1.807, 2.05) is 24.3 Å². The zero-order valence-electron chi connectivity index (χ0n) is 12.3. The van der Waals surface area contributed by atoms with Crippen molar-refractivity contribution in [2.75, 3.05) is 0 Å². The van der Waals surface area contributed by atoms with Crippen molar-refractivity contribution in [3.05, 3.63) is 70.7 Å². The van der Waals surface area contributed by atoms with Crippen molar-refractivity contribution in [2.24, 2.45) is 0 Å². The molecule has 0 unspecified atom stereocenters. The average Bonchev–Trinajstić information content (AvgIpc) is 2.85. The number of benzene rings is 1. The predicted octanol–water partition coefficient (Wildman–Crippen LogP) is 3.61. The van der Waals surface area contributed by atoms with Crippen LogP contribution in [0.1, 0.15) is 28.2 Å². The van der Waals surface area contributed by atoms with Crippen molar-refractivity contribution in [1.82, 2.24) is 9.38 Å². The minimum absolute atomic E-state index is 0.643. The fourth-order valence-electron chi connectivity index (χ4n) is 2.71. The summed E-state index contributed by atoms with van der Waals surface area (Å²) in [6.45, 7) is 3.90. The molecule has 0 radical (unpaired) electrons. The quantitative estimate of drug-likeness (QED) is 0.732. The van der Waals surface area contributed by atoms with Gasteiger partial charge in [0, 0.05) is 5.69 Å². The van der Waals surface area contributed by atoms with E-state index < -0.39 is 0 Å². The van der Waals surface area contributed by atoms with Gasteiger partial charge >= 0.3 is 0 Å². The molecule has 0 saturated heterocycles. The van der Waals surface area contributed by atoms with E-state index in [1.165, 1.54) is 11.1 Å². The van der Waals surface area contributed by atoms with E-state index in [0.29, 0.717) is 5.69 Å². The second kappa shape index (κ2) is 5.41. The number of hydrogen-bond acceptors (Lipinski definition) is 2. The summed E-state index contributed by atoms with van der Waals surface area (Å²) in [6, 6.07) is 16.9. The maximum Gasteiger partial charge on any atom is 0.147 e. The first-order valence-corrected chi connectivity index (χ1v) is 7.12. The lowest BCUT2D eigenvalue weighted by Gasteiger charge is -2.07. The fraction of sp³-hybridized carbons (Fsp3) is 0.222. The Morgan fingerprint density at radius 2 is 1.81 bits per heavy atom. The van der Waals surface area contributed by atoms with Gasteiger partial charge in [0.05, 0.1) is 5.69 Å². The van der Waals surface area contributed by atoms with Crippen LogP contribution < -0.4 is 0 Å². The summed E-state index contributed by atoms with van der Waals surface area (Å²) in [5, 5.41) is 9.32. The maximum absolute atomic E-state index is 9.32. The highest BCUT2D eigenvalue weighted by atomic mass is 15.0. The molecular formula is C18H17N3. The molecule has 3 aromatic rings. The summed E-state index contributed by atoms with van der Waals surface area (Å²) in [4.78, 5) is 4.60. The Kier molecular flexibility index (Phi) is 3.45. The molecule has 3 rings (SSSR count). The molecule has 0 aliphatic carbocycles. The van der Waals surface area contributed by atoms with E-state index in [9.17, 15) is 5.26 Å². The van der Waals surface area contributed by atoms with Gasteiger partial charge in [0.15, 0.2) is 0 Å². The molecule has 0 atom stereocenters. The van der Waals surface area contributed by atoms with Gasteiger partial charge in [-0.15, -0.1) is 0 Å². The Labute approximate surface area is 124 Å². The third-order valence-electron chi connectivity index (χ3n) is 3.85. The van der Waals surface area contributed by atoms with Crippen LogP contribution in [0.2, 0.25) is 0 Å². The van der Waals surface area contributed by atoms with Gasteiger partial charge in [0.2, 0.25) is 0 Å². The Hall–Kier alpha value is -2.60. The van der Waals surface area contributed by atoms with Gasteiger partial charge in [0.25, 0.3) is 0 Å². The van der Waals surface area contributed by atoms with E-state index >= 15 is 0 Å². The van der Waals surface area contributed by atoms with Crippen molar-refractivity contribution in [3.63, 3.8) is 0 Å². The van der Waals surface area contributed by atoms with Gasteiger partial charge < -0.3 is 0 Å². The van der Waals surface area contributed by atoms with Crippen LogP contribution >= 0.6 is 0 Å². The van der Waals surface area contributed by atoms with E-state index in [2.05, 4.69) is 47.5 Å². The van der Waals surface area contributed by atoms with Gasteiger partial charge in [-0.3, -0.25) is 4.40 Å². The Balaban J connectivity index is 2.00. The minimum Gasteiger partial charge on any atom is -0.288 e. The topological polar surface area (TPSA) is 41.1 Å². The van der Waals surface area contributed by atoms with Crippen LogP contribution in [-0.2, 0) is 12.8 Å². The fourth-order valence-corrected chi connectivity index (χ4v) is 2.71. The second-order valence-electron chi connectivity index (χ2n) is 5.30. The second-order valence-corrected chi connectivity index (χ2v) is 5.30. The molecular weight excluding hydrogens is 258 g/mol. The molecule has 0 fully saturated rings. The van der Waals surface area contributed by atoms with Crippen molar-refractivity contribution < 1.29 is 0 Å². The van der Waals surface area contributed by atoms with Crippen molar-refractivity contribution in [2.45, 2.75) is 26.7 Å². The number of aromatic nitrogens is 2. The molecule has 21 heavy (non-hydrogen) atoms. The molecule has 0 aliphatic rings. The van der Waals surface area contributed by atoms with Crippen LogP contribution in [0.4, 0.5) is 0 Å². The molecule has 0 N–H and O–H groups in total. The Bertz CT molecular complexity index is 823. The van der Waals surface area contributed by atoms with E-state index in [-0.39, 0.29) is 0 Å². The molecule has 0 saturated carbocycles. The molecule has 3 heteroatoms. The molecule has 0 spiro atoms. The molecule has 1 aromatic carbocycles. The lowest BCUT2D eigenvalue weighted by atomic mass is 10.1. The van der Waals surface area contributed by atoms with Crippen LogP contribution in [0.25, 0.3) is 5.65 Å². The highest BCUT2D eigenvalue weighted by Gasteiger charge is 2.13. The monoisotopic (exact) mass is 275 g/mol. The van der Waals surface area contributed by atoms with E-state index in [0.717, 1.165) is 29.9 Å². The zero-order valence-corrected chi connectivity index (χ0v) is 12.3. The summed E-state index contributed by atoms with van der Waals surface area (Å²) >= 11 is 0. The number of nitriles is 1. The van der Waals surface area contributed by atoms with Crippen LogP contribution in [0.15, 0.2) is 42.5 Å². The van der Waals surface area contributed by atoms with E-state index in [1.54, 1.807) is 0 Å². The van der Waals surface area contributed by atoms with Crippen LogP contribution in [0.5, 0.6) is 0 Å². The predicted molar refractivity (Wildman–Crippen MR) is 83.2 cm³/mol. The molecule has 104 valence electrons.